The first-order valence-corrected chi connectivity index (χ1v) is 17.7. The topological polar surface area (TPSA) is 38.7 Å². The van der Waals surface area contributed by atoms with E-state index in [1.165, 1.54) is 37.8 Å². The normalized spacial score (nSPS) is 13.1. The van der Waals surface area contributed by atoms with Crippen molar-refractivity contribution in [2.45, 2.75) is 13.1 Å². The maximum atomic E-state index is 5.05. The van der Waals surface area contributed by atoms with Crippen LogP contribution in [0.5, 0.6) is 0 Å². The highest BCUT2D eigenvalue weighted by Gasteiger charge is 2.37. The van der Waals surface area contributed by atoms with Crippen molar-refractivity contribution in [3.05, 3.63) is 140 Å². The molecule has 0 N–H and O–H groups in total. The lowest BCUT2D eigenvalue weighted by Gasteiger charge is -2.18. The van der Waals surface area contributed by atoms with Gasteiger partial charge in [0.25, 0.3) is 0 Å². The van der Waals surface area contributed by atoms with Crippen molar-refractivity contribution in [2.24, 2.45) is 0 Å². The number of hydrogen-bond acceptors (Lipinski definition) is 3. The van der Waals surface area contributed by atoms with Gasteiger partial charge in [-0.25, -0.2) is 15.0 Å². The van der Waals surface area contributed by atoms with E-state index in [0.717, 1.165) is 22.3 Å². The summed E-state index contributed by atoms with van der Waals surface area (Å²) in [7, 11) is -1.73. The van der Waals surface area contributed by atoms with Crippen LogP contribution in [0.1, 0.15) is 0 Å². The van der Waals surface area contributed by atoms with E-state index in [1.807, 2.05) is 18.2 Å². The number of hydrogen-bond donors (Lipinski definition) is 0. The summed E-state index contributed by atoms with van der Waals surface area (Å²) in [6.45, 7) is 4.88. The molecule has 2 heterocycles. The fourth-order valence-electron chi connectivity index (χ4n) is 6.39. The highest BCUT2D eigenvalue weighted by Crippen LogP contribution is 2.33. The highest BCUT2D eigenvalue weighted by atomic mass is 28.3. The lowest BCUT2D eigenvalue weighted by Crippen LogP contribution is -2.49. The first kappa shape index (κ1) is 25.5. The van der Waals surface area contributed by atoms with E-state index >= 15 is 0 Å². The van der Waals surface area contributed by atoms with Gasteiger partial charge in [0, 0.05) is 16.7 Å². The minimum absolute atomic E-state index is 0.671. The van der Waals surface area contributed by atoms with Crippen LogP contribution in [-0.4, -0.2) is 23.0 Å². The van der Waals surface area contributed by atoms with E-state index in [0.29, 0.717) is 17.5 Å². The van der Waals surface area contributed by atoms with Crippen LogP contribution < -0.4 is 10.4 Å². The molecule has 7 aromatic rings. The summed E-state index contributed by atoms with van der Waals surface area (Å²) in [6.07, 6.45) is 0. The standard InChI is InChI=1S/C39H29N3Si/c1-43(2)35-15-9-8-14-33(35)34-25-32(22-23-36(34)43)39-41-37(28-11-4-3-5-12-28)40-38(42-39)29-19-16-27(17-20-29)31-21-18-26-10-6-7-13-30(26)24-31/h3-25H,1-2H3. The third-order valence-electron chi connectivity index (χ3n) is 8.73. The summed E-state index contributed by atoms with van der Waals surface area (Å²) >= 11 is 0. The van der Waals surface area contributed by atoms with Crippen LogP contribution >= 0.6 is 0 Å². The van der Waals surface area contributed by atoms with E-state index in [4.69, 9.17) is 15.0 Å². The van der Waals surface area contributed by atoms with Crippen LogP contribution in [0.4, 0.5) is 0 Å². The maximum Gasteiger partial charge on any atom is 0.164 e. The van der Waals surface area contributed by atoms with Crippen molar-refractivity contribution in [3.63, 3.8) is 0 Å². The number of nitrogens with zero attached hydrogens (tertiary/aromatic N) is 3. The molecule has 0 bridgehead atoms. The van der Waals surface area contributed by atoms with Crippen LogP contribution in [-0.2, 0) is 0 Å². The predicted octanol–water partition coefficient (Wildman–Crippen LogP) is 8.50. The van der Waals surface area contributed by atoms with Crippen LogP contribution in [0.2, 0.25) is 13.1 Å². The summed E-state index contributed by atoms with van der Waals surface area (Å²) < 4.78 is 0. The van der Waals surface area contributed by atoms with Crippen LogP contribution in [0.3, 0.4) is 0 Å². The van der Waals surface area contributed by atoms with Crippen molar-refractivity contribution in [1.29, 1.82) is 0 Å². The average molecular weight is 568 g/mol. The molecule has 3 nitrogen and oxygen atoms in total. The van der Waals surface area contributed by atoms with Gasteiger partial charge >= 0.3 is 0 Å². The lowest BCUT2D eigenvalue weighted by atomic mass is 10.00. The average Bonchev–Trinajstić information content (AvgIpc) is 3.30. The minimum atomic E-state index is -1.73. The van der Waals surface area contributed by atoms with E-state index in [9.17, 15) is 0 Å². The van der Waals surface area contributed by atoms with Gasteiger partial charge in [0.2, 0.25) is 0 Å². The molecule has 43 heavy (non-hydrogen) atoms. The lowest BCUT2D eigenvalue weighted by molar-refractivity contribution is 1.07. The largest absolute Gasteiger partial charge is 0.208 e. The molecule has 6 aromatic carbocycles. The zero-order chi connectivity index (χ0) is 29.0. The van der Waals surface area contributed by atoms with Crippen molar-refractivity contribution in [1.82, 2.24) is 15.0 Å². The van der Waals surface area contributed by atoms with E-state index in [-0.39, 0.29) is 0 Å². The number of aromatic nitrogens is 3. The molecule has 0 fully saturated rings. The molecular formula is C39H29N3Si. The molecule has 0 spiro atoms. The molecule has 0 saturated carbocycles. The summed E-state index contributed by atoms with van der Waals surface area (Å²) in [5.41, 5.74) is 7.96. The molecule has 1 aromatic heterocycles. The zero-order valence-corrected chi connectivity index (χ0v) is 25.1. The molecule has 1 aliphatic rings. The zero-order valence-electron chi connectivity index (χ0n) is 24.1. The van der Waals surface area contributed by atoms with Gasteiger partial charge in [0.15, 0.2) is 17.5 Å². The van der Waals surface area contributed by atoms with Gasteiger partial charge in [-0.3, -0.25) is 0 Å². The van der Waals surface area contributed by atoms with Gasteiger partial charge < -0.3 is 0 Å². The molecule has 0 amide bonds. The Labute approximate surface area is 252 Å². The minimum Gasteiger partial charge on any atom is -0.208 e. The van der Waals surface area contributed by atoms with Gasteiger partial charge in [-0.1, -0.05) is 140 Å². The molecule has 8 rings (SSSR count). The summed E-state index contributed by atoms with van der Waals surface area (Å²) in [5.74, 6) is 2.04. The van der Waals surface area contributed by atoms with Crippen LogP contribution in [0.15, 0.2) is 140 Å². The van der Waals surface area contributed by atoms with Gasteiger partial charge in [0.05, 0.1) is 0 Å². The Morgan fingerprint density at radius 2 is 0.907 bits per heavy atom. The highest BCUT2D eigenvalue weighted by molar-refractivity contribution is 7.03. The van der Waals surface area contributed by atoms with E-state index < -0.39 is 8.07 Å². The molecule has 0 saturated heterocycles. The molecule has 204 valence electrons. The molecule has 4 heteroatoms. The second kappa shape index (κ2) is 9.97. The maximum absolute atomic E-state index is 5.05. The van der Waals surface area contributed by atoms with Gasteiger partial charge in [-0.05, 0) is 55.5 Å². The number of fused-ring (bicyclic) bond motifs is 4. The Kier molecular flexibility index (Phi) is 5.91. The fourth-order valence-corrected chi connectivity index (χ4v) is 9.46. The summed E-state index contributed by atoms with van der Waals surface area (Å²) in [4.78, 5) is 15.0. The Balaban J connectivity index is 1.23. The smallest absolute Gasteiger partial charge is 0.164 e. The molecule has 1 aliphatic heterocycles. The van der Waals surface area contributed by atoms with E-state index in [2.05, 4.69) is 134 Å². The Morgan fingerprint density at radius 1 is 0.372 bits per heavy atom. The van der Waals surface area contributed by atoms with Crippen LogP contribution in [0, 0.1) is 0 Å². The van der Waals surface area contributed by atoms with Gasteiger partial charge in [-0.2, -0.15) is 0 Å². The predicted molar refractivity (Wildman–Crippen MR) is 181 cm³/mol. The van der Waals surface area contributed by atoms with Crippen molar-refractivity contribution >= 4 is 29.2 Å². The molecular weight excluding hydrogens is 539 g/mol. The second-order valence-corrected chi connectivity index (χ2v) is 16.1. The van der Waals surface area contributed by atoms with Gasteiger partial charge in [0.1, 0.15) is 8.07 Å². The Hall–Kier alpha value is -5.19. The van der Waals surface area contributed by atoms with Gasteiger partial charge in [-0.15, -0.1) is 0 Å². The number of rotatable bonds is 4. The van der Waals surface area contributed by atoms with Crippen molar-refractivity contribution < 1.29 is 0 Å². The van der Waals surface area contributed by atoms with Crippen LogP contribution in [0.25, 0.3) is 67.2 Å². The van der Waals surface area contributed by atoms with Crippen molar-refractivity contribution in [2.75, 3.05) is 0 Å². The number of benzene rings is 6. The molecule has 0 radical (unpaired) electrons. The first-order valence-electron chi connectivity index (χ1n) is 14.7. The monoisotopic (exact) mass is 567 g/mol. The fraction of sp³-hybridized carbons (Fsp3) is 0.0513. The van der Waals surface area contributed by atoms with E-state index in [1.54, 1.807) is 0 Å². The summed E-state index contributed by atoms with van der Waals surface area (Å²) in [6, 6.07) is 49.4. The third-order valence-corrected chi connectivity index (χ3v) is 12.3. The second-order valence-electron chi connectivity index (χ2n) is 11.7. The Morgan fingerprint density at radius 3 is 1.67 bits per heavy atom. The first-order chi connectivity index (χ1) is 21.0. The third kappa shape index (κ3) is 4.39. The SMILES string of the molecule is C[Si]1(C)c2ccccc2-c2cc(-c3nc(-c4ccccc4)nc(-c4ccc(-c5ccc6ccccc6c5)cc4)n3)ccc21. The molecule has 0 unspecified atom stereocenters. The summed E-state index contributed by atoms with van der Waals surface area (Å²) in [5, 5.41) is 5.45. The molecule has 0 atom stereocenters. The molecule has 0 aliphatic carbocycles. The Bertz CT molecular complexity index is 2150. The quantitative estimate of drug-likeness (QED) is 0.200. The van der Waals surface area contributed by atoms with Crippen molar-refractivity contribution in [3.8, 4) is 56.4 Å².